The molecule has 0 N–H and O–H groups in total. The normalized spacial score (nSPS) is 18.8. The summed E-state index contributed by atoms with van der Waals surface area (Å²) in [6.07, 6.45) is 1.66. The number of benzene rings is 1. The first-order valence-corrected chi connectivity index (χ1v) is 7.18. The third-order valence-corrected chi connectivity index (χ3v) is 4.08. The van der Waals surface area contributed by atoms with Crippen molar-refractivity contribution < 1.29 is 23.8 Å². The zero-order chi connectivity index (χ0) is 15.0. The summed E-state index contributed by atoms with van der Waals surface area (Å²) in [7, 11) is 1.53. The van der Waals surface area contributed by atoms with Crippen molar-refractivity contribution in [1.29, 1.82) is 0 Å². The zero-order valence-corrected chi connectivity index (χ0v) is 12.4. The molecule has 3 rings (SSSR count). The Hall–Kier alpha value is -2.15. The van der Waals surface area contributed by atoms with E-state index in [1.54, 1.807) is 25.1 Å². The molecule has 0 aromatic heterocycles. The van der Waals surface area contributed by atoms with Gasteiger partial charge in [0, 0.05) is 6.54 Å². The number of imide groups is 1. The molecular formula is C14H13NO5S. The van der Waals surface area contributed by atoms with Crippen LogP contribution in [0.3, 0.4) is 0 Å². The average Bonchev–Trinajstić information content (AvgIpc) is 3.03. The third kappa shape index (κ3) is 2.33. The highest BCUT2D eigenvalue weighted by molar-refractivity contribution is 8.18. The molecule has 2 heterocycles. The summed E-state index contributed by atoms with van der Waals surface area (Å²) in [6, 6.07) is 3.50. The fourth-order valence-electron chi connectivity index (χ4n) is 2.16. The van der Waals surface area contributed by atoms with E-state index >= 15 is 0 Å². The molecule has 0 bridgehead atoms. The monoisotopic (exact) mass is 307 g/mol. The highest BCUT2D eigenvalue weighted by Crippen LogP contribution is 2.43. The van der Waals surface area contributed by atoms with Crippen molar-refractivity contribution in [1.82, 2.24) is 4.90 Å². The lowest BCUT2D eigenvalue weighted by Crippen LogP contribution is -2.27. The van der Waals surface area contributed by atoms with E-state index in [2.05, 4.69) is 0 Å². The number of thioether (sulfide) groups is 1. The standard InChI is InChI=1S/C14H13NO5S/c1-3-15-13(16)11(21-14(15)17)6-8-4-9(18-2)12-10(5-8)19-7-20-12/h4-6H,3,7H2,1-2H3/b11-6+. The maximum atomic E-state index is 12.1. The van der Waals surface area contributed by atoms with Gasteiger partial charge in [0.25, 0.3) is 11.1 Å². The lowest BCUT2D eigenvalue weighted by atomic mass is 10.1. The highest BCUT2D eigenvalue weighted by atomic mass is 32.2. The van der Waals surface area contributed by atoms with Crippen LogP contribution in [-0.4, -0.2) is 36.5 Å². The second kappa shape index (κ2) is 5.33. The molecule has 2 aliphatic heterocycles. The Bertz CT molecular complexity index is 655. The Morgan fingerprint density at radius 1 is 1.38 bits per heavy atom. The number of ether oxygens (including phenoxy) is 3. The number of hydrogen-bond donors (Lipinski definition) is 0. The Balaban J connectivity index is 1.97. The van der Waals surface area contributed by atoms with Crippen LogP contribution in [0.5, 0.6) is 17.2 Å². The molecule has 0 radical (unpaired) electrons. The second-order valence-corrected chi connectivity index (χ2v) is 5.38. The number of nitrogens with zero attached hydrogens (tertiary/aromatic N) is 1. The first-order valence-electron chi connectivity index (χ1n) is 6.37. The summed E-state index contributed by atoms with van der Waals surface area (Å²) in [6.45, 7) is 2.27. The average molecular weight is 307 g/mol. The van der Waals surface area contributed by atoms with Crippen LogP contribution in [0.4, 0.5) is 4.79 Å². The van der Waals surface area contributed by atoms with Gasteiger partial charge in [-0.15, -0.1) is 0 Å². The van der Waals surface area contributed by atoms with Crippen LogP contribution in [0.15, 0.2) is 17.0 Å². The van der Waals surface area contributed by atoms with Crippen LogP contribution in [0.1, 0.15) is 12.5 Å². The Morgan fingerprint density at radius 3 is 2.86 bits per heavy atom. The zero-order valence-electron chi connectivity index (χ0n) is 11.5. The number of hydrogen-bond acceptors (Lipinski definition) is 6. The van der Waals surface area contributed by atoms with E-state index in [9.17, 15) is 9.59 Å². The van der Waals surface area contributed by atoms with Gasteiger partial charge < -0.3 is 14.2 Å². The van der Waals surface area contributed by atoms with Crippen LogP contribution >= 0.6 is 11.8 Å². The molecule has 0 spiro atoms. The second-order valence-electron chi connectivity index (χ2n) is 4.38. The maximum Gasteiger partial charge on any atom is 0.293 e. The first-order chi connectivity index (χ1) is 10.1. The minimum atomic E-state index is -0.274. The summed E-state index contributed by atoms with van der Waals surface area (Å²) in [5.41, 5.74) is 0.720. The fraction of sp³-hybridized carbons (Fsp3) is 0.286. The van der Waals surface area contributed by atoms with Crippen LogP contribution < -0.4 is 14.2 Å². The molecule has 0 aliphatic carbocycles. The van der Waals surface area contributed by atoms with E-state index in [1.165, 1.54) is 12.0 Å². The Kier molecular flexibility index (Phi) is 3.50. The topological polar surface area (TPSA) is 65.1 Å². The molecule has 110 valence electrons. The van der Waals surface area contributed by atoms with Gasteiger partial charge in [-0.25, -0.2) is 0 Å². The van der Waals surface area contributed by atoms with Crippen LogP contribution in [0.25, 0.3) is 6.08 Å². The number of methoxy groups -OCH3 is 1. The van der Waals surface area contributed by atoms with E-state index in [-0.39, 0.29) is 17.9 Å². The van der Waals surface area contributed by atoms with E-state index in [4.69, 9.17) is 14.2 Å². The predicted molar refractivity (Wildman–Crippen MR) is 77.5 cm³/mol. The molecule has 21 heavy (non-hydrogen) atoms. The molecule has 6 nitrogen and oxygen atoms in total. The van der Waals surface area contributed by atoms with Crippen molar-refractivity contribution in [2.75, 3.05) is 20.4 Å². The molecule has 0 unspecified atom stereocenters. The molecule has 1 fully saturated rings. The smallest absolute Gasteiger partial charge is 0.293 e. The summed E-state index contributed by atoms with van der Waals surface area (Å²) in [5.74, 6) is 1.38. The van der Waals surface area contributed by atoms with E-state index in [0.717, 1.165) is 17.3 Å². The van der Waals surface area contributed by atoms with Gasteiger partial charge in [0.05, 0.1) is 12.0 Å². The lowest BCUT2D eigenvalue weighted by Gasteiger charge is -2.07. The summed E-state index contributed by atoms with van der Waals surface area (Å²) in [4.78, 5) is 25.4. The predicted octanol–water partition coefficient (Wildman–Crippen LogP) is 2.48. The van der Waals surface area contributed by atoms with Gasteiger partial charge in [-0.1, -0.05) is 0 Å². The number of carbonyl (C=O) groups excluding carboxylic acids is 2. The number of carbonyl (C=O) groups is 2. The number of amides is 2. The Morgan fingerprint density at radius 2 is 2.19 bits per heavy atom. The van der Waals surface area contributed by atoms with Gasteiger partial charge in [0.1, 0.15) is 0 Å². The third-order valence-electron chi connectivity index (χ3n) is 3.17. The van der Waals surface area contributed by atoms with Crippen molar-refractivity contribution in [3.63, 3.8) is 0 Å². The SMILES string of the molecule is CCN1C(=O)S/C(=C/c2cc(OC)c3c(c2)OCO3)C1=O. The minimum Gasteiger partial charge on any atom is -0.493 e. The summed E-state index contributed by atoms with van der Waals surface area (Å²) in [5, 5.41) is -0.249. The molecule has 0 atom stereocenters. The van der Waals surface area contributed by atoms with Crippen LogP contribution in [-0.2, 0) is 4.79 Å². The number of fused-ring (bicyclic) bond motifs is 1. The fourth-order valence-corrected chi connectivity index (χ4v) is 3.06. The van der Waals surface area contributed by atoms with Crippen molar-refractivity contribution in [2.24, 2.45) is 0 Å². The first kappa shape index (κ1) is 13.8. The maximum absolute atomic E-state index is 12.1. The molecular weight excluding hydrogens is 294 g/mol. The number of rotatable bonds is 3. The summed E-state index contributed by atoms with van der Waals surface area (Å²) < 4.78 is 15.9. The van der Waals surface area contributed by atoms with Gasteiger partial charge in [-0.3, -0.25) is 14.5 Å². The van der Waals surface area contributed by atoms with Crippen molar-refractivity contribution in [2.45, 2.75) is 6.92 Å². The van der Waals surface area contributed by atoms with Gasteiger partial charge in [-0.05, 0) is 42.5 Å². The Labute approximate surface area is 125 Å². The molecule has 2 aliphatic rings. The lowest BCUT2D eigenvalue weighted by molar-refractivity contribution is -0.122. The van der Waals surface area contributed by atoms with E-state index in [1.807, 2.05) is 0 Å². The molecule has 7 heteroatoms. The largest absolute Gasteiger partial charge is 0.493 e. The number of likely N-dealkylation sites (N-methyl/N-ethyl adjacent to an activating group) is 1. The van der Waals surface area contributed by atoms with E-state index in [0.29, 0.717) is 28.7 Å². The molecule has 1 saturated heterocycles. The van der Waals surface area contributed by atoms with Gasteiger partial charge >= 0.3 is 0 Å². The van der Waals surface area contributed by atoms with E-state index < -0.39 is 0 Å². The molecule has 2 amide bonds. The highest BCUT2D eigenvalue weighted by Gasteiger charge is 2.33. The minimum absolute atomic E-state index is 0.140. The van der Waals surface area contributed by atoms with Crippen molar-refractivity contribution >= 4 is 29.0 Å². The van der Waals surface area contributed by atoms with Gasteiger partial charge in [0.2, 0.25) is 12.5 Å². The van der Waals surface area contributed by atoms with Crippen molar-refractivity contribution in [3.05, 3.63) is 22.6 Å². The van der Waals surface area contributed by atoms with Crippen molar-refractivity contribution in [3.8, 4) is 17.2 Å². The summed E-state index contributed by atoms with van der Waals surface area (Å²) >= 11 is 0.934. The molecule has 0 saturated carbocycles. The van der Waals surface area contributed by atoms with Crippen LogP contribution in [0, 0.1) is 0 Å². The van der Waals surface area contributed by atoms with Gasteiger partial charge in [-0.2, -0.15) is 0 Å². The van der Waals surface area contributed by atoms with Gasteiger partial charge in [0.15, 0.2) is 11.5 Å². The molecule has 1 aromatic rings. The molecule has 1 aromatic carbocycles. The quantitative estimate of drug-likeness (QED) is 0.799. The van der Waals surface area contributed by atoms with Crippen LogP contribution in [0.2, 0.25) is 0 Å².